The van der Waals surface area contributed by atoms with Gasteiger partial charge in [0.25, 0.3) is 5.91 Å². The smallest absolute Gasteiger partial charge is 0.363 e. The molecule has 0 aliphatic heterocycles. The maximum absolute atomic E-state index is 12.7. The van der Waals surface area contributed by atoms with Crippen LogP contribution < -0.4 is 16.0 Å². The second kappa shape index (κ2) is 10.1. The fourth-order valence-corrected chi connectivity index (χ4v) is 3.06. The largest absolute Gasteiger partial charge is 0.497 e. The first kappa shape index (κ1) is 21.6. The Balaban J connectivity index is 1.71. The first-order chi connectivity index (χ1) is 15.0. The molecule has 0 aromatic heterocycles. The lowest BCUT2D eigenvalue weighted by Gasteiger charge is -2.12. The van der Waals surface area contributed by atoms with Crippen molar-refractivity contribution >= 4 is 17.7 Å². The van der Waals surface area contributed by atoms with Gasteiger partial charge in [-0.15, -0.1) is 0 Å². The quantitative estimate of drug-likeness (QED) is 0.310. The number of hydroxylamine groups is 1. The molecule has 3 aromatic rings. The Morgan fingerprint density at radius 3 is 2.39 bits per heavy atom. The van der Waals surface area contributed by atoms with Gasteiger partial charge in [0.05, 0.1) is 12.7 Å². The molecule has 0 bridgehead atoms. The van der Waals surface area contributed by atoms with Crippen molar-refractivity contribution in [1.82, 2.24) is 5.48 Å². The Morgan fingerprint density at radius 1 is 0.935 bits per heavy atom. The number of nitrogen functional groups attached to an aromatic ring is 1. The van der Waals surface area contributed by atoms with E-state index in [2.05, 4.69) is 5.48 Å². The van der Waals surface area contributed by atoms with Crippen molar-refractivity contribution in [2.24, 2.45) is 5.73 Å². The van der Waals surface area contributed by atoms with E-state index in [9.17, 15) is 9.59 Å². The predicted molar refractivity (Wildman–Crippen MR) is 117 cm³/mol. The molecule has 0 aliphatic carbocycles. The van der Waals surface area contributed by atoms with Crippen molar-refractivity contribution < 1.29 is 19.2 Å². The van der Waals surface area contributed by atoms with E-state index in [1.165, 1.54) is 12.1 Å². The molecule has 0 spiro atoms. The van der Waals surface area contributed by atoms with Crippen LogP contribution in [0.5, 0.6) is 5.75 Å². The highest BCUT2D eigenvalue weighted by molar-refractivity contribution is 6.00. The number of nitrogens with one attached hydrogen (secondary N) is 2. The highest BCUT2D eigenvalue weighted by atomic mass is 16.7. The van der Waals surface area contributed by atoms with Gasteiger partial charge in [-0.2, -0.15) is 5.48 Å². The first-order valence-corrected chi connectivity index (χ1v) is 9.64. The van der Waals surface area contributed by atoms with E-state index in [1.54, 1.807) is 37.4 Å². The van der Waals surface area contributed by atoms with E-state index in [0.717, 1.165) is 17.5 Å². The summed E-state index contributed by atoms with van der Waals surface area (Å²) in [6.07, 6.45) is 1.33. The van der Waals surface area contributed by atoms with Crippen LogP contribution in [0.3, 0.4) is 0 Å². The molecule has 0 heterocycles. The van der Waals surface area contributed by atoms with Gasteiger partial charge in [0, 0.05) is 11.1 Å². The molecule has 0 aliphatic rings. The highest BCUT2D eigenvalue weighted by Gasteiger charge is 2.17. The number of hydrogen-bond donors (Lipinski definition) is 3. The number of benzene rings is 3. The molecule has 0 saturated heterocycles. The van der Waals surface area contributed by atoms with Gasteiger partial charge in [-0.1, -0.05) is 42.5 Å². The van der Waals surface area contributed by atoms with Gasteiger partial charge in [0.15, 0.2) is 0 Å². The van der Waals surface area contributed by atoms with Crippen LogP contribution >= 0.6 is 0 Å². The fraction of sp³-hybridized carbons (Fsp3) is 0.125. The minimum absolute atomic E-state index is 0.159. The molecule has 7 heteroatoms. The number of ether oxygens (including phenoxy) is 1. The van der Waals surface area contributed by atoms with Crippen molar-refractivity contribution in [1.29, 1.82) is 5.41 Å². The van der Waals surface area contributed by atoms with Gasteiger partial charge in [-0.05, 0) is 54.3 Å². The summed E-state index contributed by atoms with van der Waals surface area (Å²) in [6, 6.07) is 21.2. The van der Waals surface area contributed by atoms with Gasteiger partial charge >= 0.3 is 5.97 Å². The van der Waals surface area contributed by atoms with Gasteiger partial charge < -0.3 is 15.3 Å². The molecule has 3 rings (SSSR count). The minimum atomic E-state index is -0.679. The van der Waals surface area contributed by atoms with E-state index >= 15 is 0 Å². The molecule has 1 amide bonds. The zero-order chi connectivity index (χ0) is 22.2. The Kier molecular flexibility index (Phi) is 7.01. The van der Waals surface area contributed by atoms with Crippen molar-refractivity contribution in [2.45, 2.75) is 12.8 Å². The van der Waals surface area contributed by atoms with Crippen LogP contribution in [0.15, 0.2) is 72.8 Å². The van der Waals surface area contributed by atoms with Crippen LogP contribution in [0.4, 0.5) is 0 Å². The molecule has 0 fully saturated rings. The van der Waals surface area contributed by atoms with Crippen LogP contribution in [-0.4, -0.2) is 24.8 Å². The van der Waals surface area contributed by atoms with Gasteiger partial charge in [0.1, 0.15) is 11.6 Å². The lowest BCUT2D eigenvalue weighted by atomic mass is 9.99. The monoisotopic (exact) mass is 417 g/mol. The molecule has 3 aromatic carbocycles. The van der Waals surface area contributed by atoms with Crippen LogP contribution in [0.2, 0.25) is 0 Å². The average Bonchev–Trinajstić information content (AvgIpc) is 2.81. The van der Waals surface area contributed by atoms with Crippen LogP contribution in [-0.2, 0) is 17.7 Å². The first-order valence-electron chi connectivity index (χ1n) is 9.64. The van der Waals surface area contributed by atoms with E-state index in [4.69, 9.17) is 20.7 Å². The summed E-state index contributed by atoms with van der Waals surface area (Å²) in [6.45, 7) is 0. The van der Waals surface area contributed by atoms with E-state index < -0.39 is 11.9 Å². The predicted octanol–water partition coefficient (Wildman–Crippen LogP) is 3.27. The number of nitrogens with two attached hydrogens (primary N) is 1. The van der Waals surface area contributed by atoms with Crippen LogP contribution in [0.25, 0.3) is 0 Å². The summed E-state index contributed by atoms with van der Waals surface area (Å²) < 4.78 is 5.28. The number of amides is 1. The number of amidine groups is 1. The van der Waals surface area contributed by atoms with Gasteiger partial charge in [0.2, 0.25) is 0 Å². The van der Waals surface area contributed by atoms with Crippen molar-refractivity contribution in [3.8, 4) is 5.75 Å². The van der Waals surface area contributed by atoms with E-state index in [-0.39, 0.29) is 11.4 Å². The molecule has 7 nitrogen and oxygen atoms in total. The fourth-order valence-electron chi connectivity index (χ4n) is 3.06. The molecular formula is C24H23N3O4. The zero-order valence-electron chi connectivity index (χ0n) is 17.1. The topological polar surface area (TPSA) is 114 Å². The molecule has 0 unspecified atom stereocenters. The number of carbonyl (C=O) groups is 2. The number of rotatable bonds is 7. The number of carbonyl (C=O) groups excluding carboxylic acids is 2. The standard InChI is InChI=1S/C24H23N3O4/c1-30-20-12-13-21(17(15-20)11-10-16-6-3-2-4-7-16)24(29)31-27-23(28)19-9-5-8-18(14-19)22(25)26/h2-9,12-15H,10-11H2,1H3,(H3,25,26)(H,27,28). The Hall–Kier alpha value is -4.13. The summed E-state index contributed by atoms with van der Waals surface area (Å²) in [7, 11) is 1.56. The van der Waals surface area contributed by atoms with Crippen molar-refractivity contribution in [3.05, 3.63) is 101 Å². The van der Waals surface area contributed by atoms with Crippen molar-refractivity contribution in [3.63, 3.8) is 0 Å². The maximum atomic E-state index is 12.7. The minimum Gasteiger partial charge on any atom is -0.497 e. The molecule has 0 radical (unpaired) electrons. The molecule has 4 N–H and O–H groups in total. The Morgan fingerprint density at radius 2 is 1.68 bits per heavy atom. The molecular weight excluding hydrogens is 394 g/mol. The Bertz CT molecular complexity index is 1100. The number of aryl methyl sites for hydroxylation is 2. The molecule has 0 atom stereocenters. The maximum Gasteiger partial charge on any atom is 0.363 e. The van der Waals surface area contributed by atoms with E-state index in [0.29, 0.717) is 23.3 Å². The van der Waals surface area contributed by atoms with Gasteiger partial charge in [-0.25, -0.2) is 4.79 Å². The van der Waals surface area contributed by atoms with Crippen LogP contribution in [0, 0.1) is 5.41 Å². The normalized spacial score (nSPS) is 10.2. The number of methoxy groups -OCH3 is 1. The van der Waals surface area contributed by atoms with Crippen LogP contribution in [0.1, 0.15) is 37.4 Å². The zero-order valence-corrected chi connectivity index (χ0v) is 17.1. The third-order valence-electron chi connectivity index (χ3n) is 4.73. The third-order valence-corrected chi connectivity index (χ3v) is 4.73. The lowest BCUT2D eigenvalue weighted by molar-refractivity contribution is 0.0229. The summed E-state index contributed by atoms with van der Waals surface area (Å²) >= 11 is 0. The van der Waals surface area contributed by atoms with E-state index in [1.807, 2.05) is 30.3 Å². The average molecular weight is 417 g/mol. The highest BCUT2D eigenvalue weighted by Crippen LogP contribution is 2.20. The molecule has 158 valence electrons. The van der Waals surface area contributed by atoms with Crippen molar-refractivity contribution in [2.75, 3.05) is 7.11 Å². The summed E-state index contributed by atoms with van der Waals surface area (Å²) in [4.78, 5) is 30.0. The third kappa shape index (κ3) is 5.70. The molecule has 31 heavy (non-hydrogen) atoms. The second-order valence-corrected chi connectivity index (χ2v) is 6.82. The summed E-state index contributed by atoms with van der Waals surface area (Å²) in [5, 5.41) is 7.46. The number of hydrogen-bond acceptors (Lipinski definition) is 5. The SMILES string of the molecule is COc1ccc(C(=O)ONC(=O)c2cccc(C(=N)N)c2)c(CCc2ccccc2)c1. The second-order valence-electron chi connectivity index (χ2n) is 6.82. The lowest BCUT2D eigenvalue weighted by Crippen LogP contribution is -2.28. The molecule has 0 saturated carbocycles. The Labute approximate surface area is 180 Å². The summed E-state index contributed by atoms with van der Waals surface area (Å²) in [5.41, 5.74) is 10.5. The summed E-state index contributed by atoms with van der Waals surface area (Å²) in [5.74, 6) is -0.824. The van der Waals surface area contributed by atoms with Gasteiger partial charge in [-0.3, -0.25) is 10.2 Å².